The molecule has 1 aromatic heterocycles. The molecule has 5 nitrogen and oxygen atoms in total. The topological polar surface area (TPSA) is 51.7 Å². The standard InChI is InChI=1S/C19H22N2O3/c1-23-16-8-7-14(18(12-16)24-2)11-19(22)21-10-4-6-17(21)15-5-3-9-20-13-15/h3,5,7-9,12-13,17H,4,6,10-11H2,1-2H3. The maximum Gasteiger partial charge on any atom is 0.227 e. The van der Waals surface area contributed by atoms with Crippen LogP contribution in [-0.4, -0.2) is 36.6 Å². The lowest BCUT2D eigenvalue weighted by atomic mass is 10.1. The highest BCUT2D eigenvalue weighted by molar-refractivity contribution is 5.80. The molecule has 1 saturated heterocycles. The van der Waals surface area contributed by atoms with Crippen LogP contribution >= 0.6 is 0 Å². The van der Waals surface area contributed by atoms with Gasteiger partial charge in [0, 0.05) is 30.6 Å². The molecule has 2 aromatic rings. The molecule has 1 amide bonds. The first-order valence-corrected chi connectivity index (χ1v) is 8.13. The van der Waals surface area contributed by atoms with E-state index in [1.54, 1.807) is 20.4 Å². The second-order valence-corrected chi connectivity index (χ2v) is 5.89. The number of benzene rings is 1. The van der Waals surface area contributed by atoms with Crippen molar-refractivity contribution in [1.29, 1.82) is 0 Å². The fourth-order valence-corrected chi connectivity index (χ4v) is 3.25. The second-order valence-electron chi connectivity index (χ2n) is 5.89. The monoisotopic (exact) mass is 326 g/mol. The van der Waals surface area contributed by atoms with Crippen molar-refractivity contribution in [1.82, 2.24) is 9.88 Å². The maximum absolute atomic E-state index is 12.8. The van der Waals surface area contributed by atoms with Gasteiger partial charge in [0.25, 0.3) is 0 Å². The fraction of sp³-hybridized carbons (Fsp3) is 0.368. The highest BCUT2D eigenvalue weighted by Gasteiger charge is 2.30. The van der Waals surface area contributed by atoms with Gasteiger partial charge >= 0.3 is 0 Å². The number of ether oxygens (including phenoxy) is 2. The van der Waals surface area contributed by atoms with Crippen molar-refractivity contribution in [2.75, 3.05) is 20.8 Å². The van der Waals surface area contributed by atoms with Crippen LogP contribution in [0.5, 0.6) is 11.5 Å². The van der Waals surface area contributed by atoms with E-state index in [1.807, 2.05) is 41.4 Å². The molecule has 0 aliphatic carbocycles. The van der Waals surface area contributed by atoms with Crippen LogP contribution in [0.2, 0.25) is 0 Å². The van der Waals surface area contributed by atoms with E-state index >= 15 is 0 Å². The number of carbonyl (C=O) groups is 1. The van der Waals surface area contributed by atoms with Crippen LogP contribution in [0.4, 0.5) is 0 Å². The number of carbonyl (C=O) groups excluding carboxylic acids is 1. The van der Waals surface area contributed by atoms with Crippen LogP contribution in [0.3, 0.4) is 0 Å². The Balaban J connectivity index is 1.77. The van der Waals surface area contributed by atoms with E-state index in [0.717, 1.165) is 36.3 Å². The number of methoxy groups -OCH3 is 2. The minimum Gasteiger partial charge on any atom is -0.497 e. The lowest BCUT2D eigenvalue weighted by Crippen LogP contribution is -2.32. The quantitative estimate of drug-likeness (QED) is 0.847. The summed E-state index contributed by atoms with van der Waals surface area (Å²) in [5.41, 5.74) is 1.98. The molecule has 1 atom stereocenters. The predicted molar refractivity (Wildman–Crippen MR) is 91.2 cm³/mol. The SMILES string of the molecule is COc1ccc(CC(=O)N2CCCC2c2cccnc2)c(OC)c1. The normalized spacial score (nSPS) is 16.9. The summed E-state index contributed by atoms with van der Waals surface area (Å²) in [7, 11) is 3.22. The molecule has 0 saturated carbocycles. The van der Waals surface area contributed by atoms with Crippen molar-refractivity contribution < 1.29 is 14.3 Å². The van der Waals surface area contributed by atoms with Crippen LogP contribution in [-0.2, 0) is 11.2 Å². The summed E-state index contributed by atoms with van der Waals surface area (Å²) < 4.78 is 10.6. The summed E-state index contributed by atoms with van der Waals surface area (Å²) in [6, 6.07) is 9.64. The molecule has 1 aliphatic heterocycles. The molecular weight excluding hydrogens is 304 g/mol. The van der Waals surface area contributed by atoms with E-state index in [2.05, 4.69) is 4.98 Å². The Morgan fingerprint density at radius 2 is 2.17 bits per heavy atom. The third-order valence-electron chi connectivity index (χ3n) is 4.48. The molecular formula is C19H22N2O3. The van der Waals surface area contributed by atoms with E-state index < -0.39 is 0 Å². The first-order chi connectivity index (χ1) is 11.7. The Hall–Kier alpha value is -2.56. The van der Waals surface area contributed by atoms with Gasteiger partial charge in [-0.05, 0) is 30.5 Å². The minimum atomic E-state index is 0.116. The van der Waals surface area contributed by atoms with E-state index in [0.29, 0.717) is 12.2 Å². The summed E-state index contributed by atoms with van der Waals surface area (Å²) in [6.07, 6.45) is 5.93. The maximum atomic E-state index is 12.8. The zero-order valence-electron chi connectivity index (χ0n) is 14.1. The molecule has 0 bridgehead atoms. The van der Waals surface area contributed by atoms with Gasteiger partial charge in [0.05, 0.1) is 26.7 Å². The van der Waals surface area contributed by atoms with Crippen molar-refractivity contribution in [2.24, 2.45) is 0 Å². The van der Waals surface area contributed by atoms with Gasteiger partial charge in [-0.25, -0.2) is 0 Å². The lowest BCUT2D eigenvalue weighted by molar-refractivity contribution is -0.131. The van der Waals surface area contributed by atoms with E-state index in [4.69, 9.17) is 9.47 Å². The van der Waals surface area contributed by atoms with E-state index in [9.17, 15) is 4.79 Å². The van der Waals surface area contributed by atoms with Crippen LogP contribution in [0.15, 0.2) is 42.7 Å². The number of hydrogen-bond donors (Lipinski definition) is 0. The number of likely N-dealkylation sites (tertiary alicyclic amines) is 1. The van der Waals surface area contributed by atoms with Gasteiger partial charge in [0.1, 0.15) is 11.5 Å². The van der Waals surface area contributed by atoms with Crippen molar-refractivity contribution in [3.63, 3.8) is 0 Å². The van der Waals surface area contributed by atoms with Crippen LogP contribution < -0.4 is 9.47 Å². The minimum absolute atomic E-state index is 0.116. The fourth-order valence-electron chi connectivity index (χ4n) is 3.25. The molecule has 1 aromatic carbocycles. The van der Waals surface area contributed by atoms with Crippen molar-refractivity contribution in [3.05, 3.63) is 53.9 Å². The number of aromatic nitrogens is 1. The van der Waals surface area contributed by atoms with Crippen LogP contribution in [0, 0.1) is 0 Å². The van der Waals surface area contributed by atoms with Gasteiger partial charge in [-0.15, -0.1) is 0 Å². The summed E-state index contributed by atoms with van der Waals surface area (Å²) >= 11 is 0. The Labute approximate surface area is 142 Å². The largest absolute Gasteiger partial charge is 0.497 e. The van der Waals surface area contributed by atoms with Crippen molar-refractivity contribution in [2.45, 2.75) is 25.3 Å². The van der Waals surface area contributed by atoms with Gasteiger partial charge in [0.2, 0.25) is 5.91 Å². The lowest BCUT2D eigenvalue weighted by Gasteiger charge is -2.25. The number of hydrogen-bond acceptors (Lipinski definition) is 4. The smallest absolute Gasteiger partial charge is 0.227 e. The van der Waals surface area contributed by atoms with Gasteiger partial charge in [0.15, 0.2) is 0 Å². The predicted octanol–water partition coefficient (Wildman–Crippen LogP) is 3.01. The van der Waals surface area contributed by atoms with Crippen molar-refractivity contribution >= 4 is 5.91 Å². The molecule has 0 radical (unpaired) electrons. The summed E-state index contributed by atoms with van der Waals surface area (Å²) in [6.45, 7) is 0.789. The molecule has 1 unspecified atom stereocenters. The third kappa shape index (κ3) is 3.35. The molecule has 0 spiro atoms. The average molecular weight is 326 g/mol. The molecule has 24 heavy (non-hydrogen) atoms. The molecule has 1 aliphatic rings. The number of nitrogens with zero attached hydrogens (tertiary/aromatic N) is 2. The summed E-state index contributed by atoms with van der Waals surface area (Å²) in [5.74, 6) is 1.52. The number of amides is 1. The molecule has 3 rings (SSSR count). The average Bonchev–Trinajstić information content (AvgIpc) is 3.12. The highest BCUT2D eigenvalue weighted by Crippen LogP contribution is 2.33. The van der Waals surface area contributed by atoms with Crippen LogP contribution in [0.25, 0.3) is 0 Å². The first kappa shape index (κ1) is 16.3. The summed E-state index contributed by atoms with van der Waals surface area (Å²) in [5, 5.41) is 0. The Bertz CT molecular complexity index is 703. The molecule has 1 fully saturated rings. The molecule has 126 valence electrons. The van der Waals surface area contributed by atoms with Gasteiger partial charge in [-0.2, -0.15) is 0 Å². The van der Waals surface area contributed by atoms with E-state index in [-0.39, 0.29) is 11.9 Å². The van der Waals surface area contributed by atoms with Crippen LogP contribution in [0.1, 0.15) is 30.0 Å². The Kier molecular flexibility index (Phi) is 4.99. The Morgan fingerprint density at radius 3 is 2.88 bits per heavy atom. The third-order valence-corrected chi connectivity index (χ3v) is 4.48. The summed E-state index contributed by atoms with van der Waals surface area (Å²) in [4.78, 5) is 19.0. The van der Waals surface area contributed by atoms with Gasteiger partial charge < -0.3 is 14.4 Å². The zero-order valence-corrected chi connectivity index (χ0v) is 14.1. The molecule has 5 heteroatoms. The number of rotatable bonds is 5. The van der Waals surface area contributed by atoms with Gasteiger partial charge in [-0.1, -0.05) is 12.1 Å². The first-order valence-electron chi connectivity index (χ1n) is 8.13. The Morgan fingerprint density at radius 1 is 1.29 bits per heavy atom. The molecule has 0 N–H and O–H groups in total. The zero-order chi connectivity index (χ0) is 16.9. The number of pyridine rings is 1. The van der Waals surface area contributed by atoms with Crippen molar-refractivity contribution in [3.8, 4) is 11.5 Å². The van der Waals surface area contributed by atoms with Gasteiger partial charge in [-0.3, -0.25) is 9.78 Å². The second kappa shape index (κ2) is 7.34. The highest BCUT2D eigenvalue weighted by atomic mass is 16.5. The van der Waals surface area contributed by atoms with E-state index in [1.165, 1.54) is 0 Å². The molecule has 2 heterocycles.